The number of carboxylic acids is 1. The number of nitrogens with two attached hydrogens (primary N) is 1. The molecule has 0 bridgehead atoms. The summed E-state index contributed by atoms with van der Waals surface area (Å²) >= 11 is 6.05. The van der Waals surface area contributed by atoms with Crippen molar-refractivity contribution in [2.75, 3.05) is 5.73 Å². The molecule has 20 heavy (non-hydrogen) atoms. The van der Waals surface area contributed by atoms with Crippen molar-refractivity contribution in [3.05, 3.63) is 28.8 Å². The largest absolute Gasteiger partial charge is 0.481 e. The molecular formula is C16H22ClNO2. The van der Waals surface area contributed by atoms with E-state index in [2.05, 4.69) is 13.8 Å². The Labute approximate surface area is 125 Å². The number of halogens is 1. The fraction of sp³-hybridized carbons (Fsp3) is 0.562. The molecule has 1 aliphatic rings. The van der Waals surface area contributed by atoms with Gasteiger partial charge < -0.3 is 10.8 Å². The molecule has 1 aromatic rings. The monoisotopic (exact) mass is 295 g/mol. The molecule has 0 heterocycles. The van der Waals surface area contributed by atoms with Crippen LogP contribution < -0.4 is 5.73 Å². The quantitative estimate of drug-likeness (QED) is 0.817. The predicted octanol–water partition coefficient (Wildman–Crippen LogP) is 4.31. The van der Waals surface area contributed by atoms with E-state index >= 15 is 0 Å². The lowest BCUT2D eigenvalue weighted by atomic mass is 9.62. The Bertz CT molecular complexity index is 513. The molecule has 3 N–H and O–H groups in total. The number of aliphatic carboxylic acids is 1. The van der Waals surface area contributed by atoms with E-state index in [4.69, 9.17) is 17.3 Å². The fourth-order valence-corrected chi connectivity index (χ4v) is 3.67. The summed E-state index contributed by atoms with van der Waals surface area (Å²) in [6.07, 6.45) is 4.23. The maximum absolute atomic E-state index is 11.9. The molecule has 1 aromatic carbocycles. The van der Waals surface area contributed by atoms with Gasteiger partial charge in [0.1, 0.15) is 0 Å². The smallest absolute Gasteiger partial charge is 0.311 e. The second-order valence-corrected chi connectivity index (χ2v) is 6.81. The SMILES string of the molecule is CC1(C)CCCCC1C(C(=O)O)c1cccc(Cl)c1N. The van der Waals surface area contributed by atoms with Gasteiger partial charge in [-0.15, -0.1) is 0 Å². The van der Waals surface area contributed by atoms with Gasteiger partial charge in [-0.3, -0.25) is 4.79 Å². The van der Waals surface area contributed by atoms with Gasteiger partial charge in [-0.25, -0.2) is 0 Å². The third kappa shape index (κ3) is 2.78. The van der Waals surface area contributed by atoms with Gasteiger partial charge in [0, 0.05) is 0 Å². The summed E-state index contributed by atoms with van der Waals surface area (Å²) < 4.78 is 0. The van der Waals surface area contributed by atoms with Crippen LogP contribution in [0, 0.1) is 11.3 Å². The van der Waals surface area contributed by atoms with Crippen LogP contribution >= 0.6 is 11.6 Å². The van der Waals surface area contributed by atoms with Crippen molar-refractivity contribution >= 4 is 23.3 Å². The average Bonchev–Trinajstić information content (AvgIpc) is 2.36. The fourth-order valence-electron chi connectivity index (χ4n) is 3.49. The third-order valence-electron chi connectivity index (χ3n) is 4.68. The Hall–Kier alpha value is -1.22. The molecule has 110 valence electrons. The van der Waals surface area contributed by atoms with Gasteiger partial charge in [-0.2, -0.15) is 0 Å². The molecule has 0 spiro atoms. The topological polar surface area (TPSA) is 63.3 Å². The van der Waals surface area contributed by atoms with Crippen LogP contribution in [0.3, 0.4) is 0 Å². The predicted molar refractivity (Wildman–Crippen MR) is 82.0 cm³/mol. The zero-order chi connectivity index (χ0) is 14.9. The van der Waals surface area contributed by atoms with E-state index in [9.17, 15) is 9.90 Å². The van der Waals surface area contributed by atoms with Crippen molar-refractivity contribution in [2.45, 2.75) is 45.4 Å². The highest BCUT2D eigenvalue weighted by molar-refractivity contribution is 6.33. The minimum atomic E-state index is -0.807. The summed E-state index contributed by atoms with van der Waals surface area (Å²) in [6, 6.07) is 5.27. The number of rotatable bonds is 3. The van der Waals surface area contributed by atoms with Gasteiger partial charge in [0.2, 0.25) is 0 Å². The molecule has 0 saturated heterocycles. The van der Waals surface area contributed by atoms with E-state index in [0.29, 0.717) is 16.3 Å². The van der Waals surface area contributed by atoms with Gasteiger partial charge >= 0.3 is 5.97 Å². The maximum Gasteiger partial charge on any atom is 0.311 e. The Morgan fingerprint density at radius 1 is 1.45 bits per heavy atom. The number of anilines is 1. The first kappa shape index (κ1) is 15.2. The van der Waals surface area contributed by atoms with Crippen molar-refractivity contribution in [3.8, 4) is 0 Å². The molecule has 0 aromatic heterocycles. The normalized spacial score (nSPS) is 23.2. The zero-order valence-corrected chi connectivity index (χ0v) is 12.8. The standard InChI is InChI=1S/C16H22ClNO2/c1-16(2)9-4-3-7-11(16)13(15(19)20)10-6-5-8-12(17)14(10)18/h5-6,8,11,13H,3-4,7,9,18H2,1-2H3,(H,19,20). The second-order valence-electron chi connectivity index (χ2n) is 6.40. The van der Waals surface area contributed by atoms with E-state index in [0.717, 1.165) is 19.3 Å². The number of nitrogen functional groups attached to an aromatic ring is 1. The van der Waals surface area contributed by atoms with Crippen molar-refractivity contribution in [1.29, 1.82) is 0 Å². The molecule has 2 atom stereocenters. The molecule has 2 rings (SSSR count). The Balaban J connectivity index is 2.46. The Morgan fingerprint density at radius 2 is 2.15 bits per heavy atom. The molecule has 0 aliphatic heterocycles. The van der Waals surface area contributed by atoms with Gasteiger partial charge in [-0.05, 0) is 35.8 Å². The first-order valence-electron chi connectivity index (χ1n) is 7.11. The lowest BCUT2D eigenvalue weighted by Gasteiger charge is -2.42. The number of benzene rings is 1. The molecule has 3 nitrogen and oxygen atoms in total. The highest BCUT2D eigenvalue weighted by Gasteiger charge is 2.42. The van der Waals surface area contributed by atoms with Crippen LogP contribution in [0.15, 0.2) is 18.2 Å². The van der Waals surface area contributed by atoms with E-state index in [1.807, 2.05) is 0 Å². The molecule has 2 unspecified atom stereocenters. The Kier molecular flexibility index (Phi) is 4.28. The minimum absolute atomic E-state index is 0.00998. The lowest BCUT2D eigenvalue weighted by molar-refractivity contribution is -0.142. The summed E-state index contributed by atoms with van der Waals surface area (Å²) in [5, 5.41) is 10.2. The maximum atomic E-state index is 11.9. The third-order valence-corrected chi connectivity index (χ3v) is 5.01. The van der Waals surface area contributed by atoms with Crippen LogP contribution in [-0.4, -0.2) is 11.1 Å². The van der Waals surface area contributed by atoms with Gasteiger partial charge in [0.25, 0.3) is 0 Å². The zero-order valence-electron chi connectivity index (χ0n) is 12.0. The number of hydrogen-bond acceptors (Lipinski definition) is 2. The molecule has 1 fully saturated rings. The highest BCUT2D eigenvalue weighted by atomic mass is 35.5. The summed E-state index contributed by atoms with van der Waals surface area (Å²) in [5.41, 5.74) is 7.09. The van der Waals surface area contributed by atoms with Gasteiger partial charge in [-0.1, -0.05) is 50.4 Å². The molecule has 0 amide bonds. The highest BCUT2D eigenvalue weighted by Crippen LogP contribution is 2.49. The van der Waals surface area contributed by atoms with Crippen LogP contribution in [0.1, 0.15) is 51.0 Å². The van der Waals surface area contributed by atoms with E-state index in [-0.39, 0.29) is 11.3 Å². The number of carboxylic acid groups (broad SMARTS) is 1. The Morgan fingerprint density at radius 3 is 2.75 bits per heavy atom. The van der Waals surface area contributed by atoms with Gasteiger partial charge in [0.15, 0.2) is 0 Å². The van der Waals surface area contributed by atoms with Crippen LogP contribution in [0.5, 0.6) is 0 Å². The van der Waals surface area contributed by atoms with Crippen LogP contribution in [-0.2, 0) is 4.79 Å². The molecular weight excluding hydrogens is 274 g/mol. The van der Waals surface area contributed by atoms with E-state index in [1.165, 1.54) is 6.42 Å². The summed E-state index contributed by atoms with van der Waals surface area (Å²) in [5.74, 6) is -1.29. The molecule has 0 radical (unpaired) electrons. The van der Waals surface area contributed by atoms with Crippen molar-refractivity contribution in [2.24, 2.45) is 11.3 Å². The summed E-state index contributed by atoms with van der Waals surface area (Å²) in [6.45, 7) is 4.32. The van der Waals surface area contributed by atoms with Crippen molar-refractivity contribution < 1.29 is 9.90 Å². The molecule has 4 heteroatoms. The first-order valence-corrected chi connectivity index (χ1v) is 7.49. The number of para-hydroxylation sites is 1. The van der Waals surface area contributed by atoms with Crippen molar-refractivity contribution in [3.63, 3.8) is 0 Å². The van der Waals surface area contributed by atoms with E-state index < -0.39 is 11.9 Å². The minimum Gasteiger partial charge on any atom is -0.481 e. The van der Waals surface area contributed by atoms with Crippen LogP contribution in [0.2, 0.25) is 5.02 Å². The average molecular weight is 296 g/mol. The summed E-state index contributed by atoms with van der Waals surface area (Å²) in [4.78, 5) is 11.9. The van der Waals surface area contributed by atoms with Crippen molar-refractivity contribution in [1.82, 2.24) is 0 Å². The number of carbonyl (C=O) groups is 1. The molecule has 1 aliphatic carbocycles. The first-order chi connectivity index (χ1) is 9.34. The van der Waals surface area contributed by atoms with E-state index in [1.54, 1.807) is 18.2 Å². The van der Waals surface area contributed by atoms with Gasteiger partial charge in [0.05, 0.1) is 16.6 Å². The van der Waals surface area contributed by atoms with Crippen LogP contribution in [0.25, 0.3) is 0 Å². The number of hydrogen-bond donors (Lipinski definition) is 2. The second kappa shape index (κ2) is 5.65. The lowest BCUT2D eigenvalue weighted by Crippen LogP contribution is -2.36. The summed E-state index contributed by atoms with van der Waals surface area (Å²) in [7, 11) is 0. The molecule has 1 saturated carbocycles. The van der Waals surface area contributed by atoms with Crippen LogP contribution in [0.4, 0.5) is 5.69 Å².